The van der Waals surface area contributed by atoms with Gasteiger partial charge in [0.15, 0.2) is 5.13 Å². The van der Waals surface area contributed by atoms with Gasteiger partial charge in [-0.15, -0.1) is 11.3 Å². The average Bonchev–Trinajstić information content (AvgIpc) is 3.38. The van der Waals surface area contributed by atoms with E-state index < -0.39 is 0 Å². The highest BCUT2D eigenvalue weighted by Gasteiger charge is 2.15. The van der Waals surface area contributed by atoms with Crippen LogP contribution in [0.3, 0.4) is 0 Å². The fourth-order valence-electron chi connectivity index (χ4n) is 3.54. The third-order valence-electron chi connectivity index (χ3n) is 4.94. The minimum absolute atomic E-state index is 0.562. The van der Waals surface area contributed by atoms with Crippen LogP contribution < -0.4 is 10.1 Å². The van der Waals surface area contributed by atoms with Gasteiger partial charge in [0.2, 0.25) is 0 Å². The summed E-state index contributed by atoms with van der Waals surface area (Å²) in [5, 5.41) is 4.63. The highest BCUT2D eigenvalue weighted by Crippen LogP contribution is 2.33. The number of aromatic nitrogens is 3. The van der Waals surface area contributed by atoms with Crippen LogP contribution in [-0.4, -0.2) is 21.0 Å². The molecule has 0 radical (unpaired) electrons. The van der Waals surface area contributed by atoms with Crippen LogP contribution >= 0.6 is 22.7 Å². The molecule has 0 saturated heterocycles. The molecule has 142 valence electrons. The summed E-state index contributed by atoms with van der Waals surface area (Å²) < 4.78 is 7.22. The van der Waals surface area contributed by atoms with Gasteiger partial charge in [-0.3, -0.25) is 9.97 Å². The minimum Gasteiger partial charge on any atom is -0.457 e. The molecule has 5 rings (SSSR count). The number of hydrogen-bond donors (Lipinski definition) is 1. The molecule has 3 aromatic heterocycles. The lowest BCUT2D eigenvalue weighted by atomic mass is 9.96. The Bertz CT molecular complexity index is 1070. The molecule has 1 aliphatic carbocycles. The van der Waals surface area contributed by atoms with Crippen molar-refractivity contribution in [2.24, 2.45) is 0 Å². The van der Waals surface area contributed by atoms with Gasteiger partial charge in [-0.2, -0.15) is 0 Å². The Labute approximate surface area is 171 Å². The predicted octanol–water partition coefficient (Wildman–Crippen LogP) is 6.35. The first kappa shape index (κ1) is 17.6. The molecule has 0 atom stereocenters. The normalized spacial score (nSPS) is 15.0. The van der Waals surface area contributed by atoms with Crippen LogP contribution in [0.15, 0.2) is 48.2 Å². The second-order valence-corrected chi connectivity index (χ2v) is 8.89. The lowest BCUT2D eigenvalue weighted by molar-refractivity contribution is 0.462. The standard InChI is InChI=1S/C21H20N4OS2/c1-2-4-14(5-3-1)24-21-25-17-7-6-15(11-19(17)28-21)26-16-8-9-23-18(10-16)20-12-22-13-27-20/h6-14H,1-5H2,(H,24,25). The van der Waals surface area contributed by atoms with Gasteiger partial charge >= 0.3 is 0 Å². The number of nitrogens with one attached hydrogen (secondary N) is 1. The van der Waals surface area contributed by atoms with Crippen LogP contribution in [0.5, 0.6) is 11.5 Å². The maximum Gasteiger partial charge on any atom is 0.184 e. The summed E-state index contributed by atoms with van der Waals surface area (Å²) in [6.07, 6.45) is 10.1. The highest BCUT2D eigenvalue weighted by atomic mass is 32.1. The molecule has 3 heterocycles. The van der Waals surface area contributed by atoms with Crippen molar-refractivity contribution in [3.05, 3.63) is 48.2 Å². The average molecular weight is 409 g/mol. The van der Waals surface area contributed by atoms with Gasteiger partial charge < -0.3 is 10.1 Å². The number of thiazole rings is 2. The Morgan fingerprint density at radius 1 is 1.04 bits per heavy atom. The summed E-state index contributed by atoms with van der Waals surface area (Å²) in [5.74, 6) is 1.57. The van der Waals surface area contributed by atoms with Crippen LogP contribution in [0.1, 0.15) is 32.1 Å². The SMILES string of the molecule is c1cc(Oc2ccc3nc(NC4CCCCC4)sc3c2)cc(-c2cncs2)n1. The van der Waals surface area contributed by atoms with Crippen molar-refractivity contribution in [2.45, 2.75) is 38.1 Å². The van der Waals surface area contributed by atoms with Crippen molar-refractivity contribution in [3.8, 4) is 22.1 Å². The van der Waals surface area contributed by atoms with E-state index in [-0.39, 0.29) is 0 Å². The summed E-state index contributed by atoms with van der Waals surface area (Å²) in [4.78, 5) is 14.3. The Morgan fingerprint density at radius 2 is 1.93 bits per heavy atom. The molecule has 28 heavy (non-hydrogen) atoms. The molecule has 0 spiro atoms. The Hall–Kier alpha value is -2.51. The summed E-state index contributed by atoms with van der Waals surface area (Å²) >= 11 is 3.26. The molecule has 0 amide bonds. The molecule has 4 aromatic rings. The van der Waals surface area contributed by atoms with Crippen molar-refractivity contribution in [1.29, 1.82) is 0 Å². The number of pyridine rings is 1. The topological polar surface area (TPSA) is 59.9 Å². The van der Waals surface area contributed by atoms with E-state index in [1.165, 1.54) is 32.1 Å². The first-order chi connectivity index (χ1) is 13.8. The fourth-order valence-corrected chi connectivity index (χ4v) is 5.10. The van der Waals surface area contributed by atoms with E-state index in [4.69, 9.17) is 9.72 Å². The molecule has 1 aromatic carbocycles. The smallest absolute Gasteiger partial charge is 0.184 e. The van der Waals surface area contributed by atoms with E-state index in [0.717, 1.165) is 37.4 Å². The van der Waals surface area contributed by atoms with Crippen molar-refractivity contribution < 1.29 is 4.74 Å². The highest BCUT2D eigenvalue weighted by molar-refractivity contribution is 7.22. The van der Waals surface area contributed by atoms with E-state index in [2.05, 4.69) is 21.4 Å². The third kappa shape index (κ3) is 3.86. The molecule has 1 aliphatic rings. The largest absolute Gasteiger partial charge is 0.457 e. The molecular formula is C21H20N4OS2. The minimum atomic E-state index is 0.562. The lowest BCUT2D eigenvalue weighted by Crippen LogP contribution is -2.21. The second-order valence-electron chi connectivity index (χ2n) is 6.97. The van der Waals surface area contributed by atoms with Crippen molar-refractivity contribution in [1.82, 2.24) is 15.0 Å². The zero-order valence-corrected chi connectivity index (χ0v) is 16.9. The third-order valence-corrected chi connectivity index (χ3v) is 6.69. The maximum atomic E-state index is 6.09. The van der Waals surface area contributed by atoms with Gasteiger partial charge in [-0.1, -0.05) is 30.6 Å². The number of hydrogen-bond acceptors (Lipinski definition) is 7. The molecule has 7 heteroatoms. The number of ether oxygens (including phenoxy) is 1. The van der Waals surface area contributed by atoms with Crippen LogP contribution in [0.25, 0.3) is 20.8 Å². The molecule has 1 fully saturated rings. The summed E-state index contributed by atoms with van der Waals surface area (Å²) in [6.45, 7) is 0. The zero-order chi connectivity index (χ0) is 18.8. The number of anilines is 1. The van der Waals surface area contributed by atoms with Crippen molar-refractivity contribution in [2.75, 3.05) is 5.32 Å². The first-order valence-electron chi connectivity index (χ1n) is 9.53. The van der Waals surface area contributed by atoms with Gasteiger partial charge in [0, 0.05) is 30.6 Å². The van der Waals surface area contributed by atoms with Gasteiger partial charge in [-0.05, 0) is 31.0 Å². The molecule has 0 bridgehead atoms. The van der Waals surface area contributed by atoms with Crippen LogP contribution in [0, 0.1) is 0 Å². The summed E-state index contributed by atoms with van der Waals surface area (Å²) in [5.41, 5.74) is 3.69. The van der Waals surface area contributed by atoms with E-state index >= 15 is 0 Å². The van der Waals surface area contributed by atoms with Gasteiger partial charge in [-0.25, -0.2) is 4.98 Å². The molecule has 0 aliphatic heterocycles. The molecule has 1 saturated carbocycles. The quantitative estimate of drug-likeness (QED) is 0.417. The first-order valence-corrected chi connectivity index (χ1v) is 11.2. The predicted molar refractivity (Wildman–Crippen MR) is 116 cm³/mol. The van der Waals surface area contributed by atoms with Crippen molar-refractivity contribution in [3.63, 3.8) is 0 Å². The van der Waals surface area contributed by atoms with Gasteiger partial charge in [0.1, 0.15) is 11.5 Å². The van der Waals surface area contributed by atoms with E-state index in [9.17, 15) is 0 Å². The Balaban J connectivity index is 1.34. The zero-order valence-electron chi connectivity index (χ0n) is 15.3. The Morgan fingerprint density at radius 3 is 2.79 bits per heavy atom. The van der Waals surface area contributed by atoms with E-state index in [0.29, 0.717) is 6.04 Å². The maximum absolute atomic E-state index is 6.09. The molecule has 1 N–H and O–H groups in total. The summed E-state index contributed by atoms with van der Waals surface area (Å²) in [7, 11) is 0. The number of benzene rings is 1. The van der Waals surface area contributed by atoms with Gasteiger partial charge in [0.25, 0.3) is 0 Å². The fraction of sp³-hybridized carbons (Fsp3) is 0.286. The van der Waals surface area contributed by atoms with Crippen molar-refractivity contribution >= 4 is 38.0 Å². The number of nitrogens with zero attached hydrogens (tertiary/aromatic N) is 3. The molecule has 0 unspecified atom stereocenters. The lowest BCUT2D eigenvalue weighted by Gasteiger charge is -2.22. The van der Waals surface area contributed by atoms with E-state index in [1.54, 1.807) is 34.4 Å². The second kappa shape index (κ2) is 7.85. The molecular weight excluding hydrogens is 388 g/mol. The number of rotatable bonds is 5. The van der Waals surface area contributed by atoms with Crippen LogP contribution in [-0.2, 0) is 0 Å². The van der Waals surface area contributed by atoms with E-state index in [1.807, 2.05) is 30.5 Å². The van der Waals surface area contributed by atoms with Crippen LogP contribution in [0.2, 0.25) is 0 Å². The Kier molecular flexibility index (Phi) is 4.93. The summed E-state index contributed by atoms with van der Waals surface area (Å²) in [6, 6.07) is 10.4. The number of fused-ring (bicyclic) bond motifs is 1. The molecule has 5 nitrogen and oxygen atoms in total. The van der Waals surface area contributed by atoms with Gasteiger partial charge in [0.05, 0.1) is 26.3 Å². The monoisotopic (exact) mass is 408 g/mol. The van der Waals surface area contributed by atoms with Crippen LogP contribution in [0.4, 0.5) is 5.13 Å².